The maximum atomic E-state index is 13.3. The number of nitrogens with zero attached hydrogens (tertiary/aromatic N) is 1. The number of carbonyl (C=O) groups is 1. The Morgan fingerprint density at radius 1 is 1.37 bits per heavy atom. The predicted molar refractivity (Wildman–Crippen MR) is 70.8 cm³/mol. The number of rotatable bonds is 4. The summed E-state index contributed by atoms with van der Waals surface area (Å²) in [6, 6.07) is 6.50. The van der Waals surface area contributed by atoms with E-state index < -0.39 is 0 Å². The summed E-state index contributed by atoms with van der Waals surface area (Å²) in [6.45, 7) is 1.13. The van der Waals surface area contributed by atoms with E-state index in [1.807, 2.05) is 11.0 Å². The molecule has 1 heterocycles. The molecule has 0 spiro atoms. The van der Waals surface area contributed by atoms with Crippen molar-refractivity contribution >= 4 is 5.91 Å². The molecule has 1 aromatic carbocycles. The highest BCUT2D eigenvalue weighted by molar-refractivity contribution is 5.80. The quantitative estimate of drug-likeness (QED) is 0.904. The molecule has 2 aliphatic rings. The van der Waals surface area contributed by atoms with Gasteiger partial charge in [-0.3, -0.25) is 10.1 Å². The Morgan fingerprint density at radius 2 is 2.21 bits per heavy atom. The van der Waals surface area contributed by atoms with Gasteiger partial charge in [-0.1, -0.05) is 31.4 Å². The van der Waals surface area contributed by atoms with E-state index in [0.717, 1.165) is 24.4 Å². The van der Waals surface area contributed by atoms with Crippen LogP contribution in [0.3, 0.4) is 0 Å². The van der Waals surface area contributed by atoms with Gasteiger partial charge in [-0.25, -0.2) is 4.39 Å². The van der Waals surface area contributed by atoms with Crippen LogP contribution in [-0.4, -0.2) is 23.9 Å². The average Bonchev–Trinajstić information content (AvgIpc) is 2.69. The van der Waals surface area contributed by atoms with Crippen molar-refractivity contribution in [3.63, 3.8) is 0 Å². The molecule has 1 N–H and O–H groups in total. The zero-order valence-electron chi connectivity index (χ0n) is 10.9. The first-order valence-electron chi connectivity index (χ1n) is 7.02. The Balaban J connectivity index is 1.70. The molecule has 19 heavy (non-hydrogen) atoms. The van der Waals surface area contributed by atoms with Gasteiger partial charge in [-0.15, -0.1) is 0 Å². The summed E-state index contributed by atoms with van der Waals surface area (Å²) < 4.78 is 13.3. The number of carbonyl (C=O) groups excluding carboxylic acids is 1. The van der Waals surface area contributed by atoms with Gasteiger partial charge >= 0.3 is 0 Å². The zero-order chi connectivity index (χ0) is 13.2. The number of halogens is 1. The van der Waals surface area contributed by atoms with Gasteiger partial charge < -0.3 is 4.90 Å². The van der Waals surface area contributed by atoms with Crippen LogP contribution in [0.15, 0.2) is 24.3 Å². The highest BCUT2D eigenvalue weighted by Gasteiger charge is 2.32. The molecule has 1 saturated heterocycles. The molecule has 0 radical (unpaired) electrons. The van der Waals surface area contributed by atoms with E-state index in [2.05, 4.69) is 5.32 Å². The second kappa shape index (κ2) is 5.29. The normalized spacial score (nSPS) is 23.7. The van der Waals surface area contributed by atoms with Crippen LogP contribution in [0.25, 0.3) is 0 Å². The number of benzene rings is 1. The smallest absolute Gasteiger partial charge is 0.238 e. The van der Waals surface area contributed by atoms with Crippen LogP contribution < -0.4 is 5.32 Å². The fourth-order valence-corrected chi connectivity index (χ4v) is 2.87. The molecule has 4 heteroatoms. The Kier molecular flexibility index (Phi) is 3.51. The summed E-state index contributed by atoms with van der Waals surface area (Å²) in [5.41, 5.74) is 0.833. The van der Waals surface area contributed by atoms with E-state index in [1.54, 1.807) is 6.07 Å². The molecule has 0 bridgehead atoms. The monoisotopic (exact) mass is 262 g/mol. The lowest BCUT2D eigenvalue weighted by Crippen LogP contribution is -2.33. The third kappa shape index (κ3) is 2.63. The topological polar surface area (TPSA) is 32.3 Å². The van der Waals surface area contributed by atoms with Crippen molar-refractivity contribution in [3.05, 3.63) is 35.6 Å². The largest absolute Gasteiger partial charge is 0.322 e. The molecule has 1 aliphatic carbocycles. The van der Waals surface area contributed by atoms with Gasteiger partial charge in [0, 0.05) is 6.54 Å². The van der Waals surface area contributed by atoms with E-state index >= 15 is 0 Å². The summed E-state index contributed by atoms with van der Waals surface area (Å²) in [6.07, 6.45) is 4.81. The number of hydrogen-bond acceptors (Lipinski definition) is 2. The van der Waals surface area contributed by atoms with Gasteiger partial charge in [0.1, 0.15) is 12.0 Å². The molecule has 3 rings (SSSR count). The van der Waals surface area contributed by atoms with Crippen molar-refractivity contribution in [1.29, 1.82) is 0 Å². The van der Waals surface area contributed by atoms with Crippen LogP contribution in [0, 0.1) is 11.7 Å². The highest BCUT2D eigenvalue weighted by atomic mass is 19.1. The van der Waals surface area contributed by atoms with Gasteiger partial charge in [-0.05, 0) is 30.0 Å². The van der Waals surface area contributed by atoms with Crippen molar-refractivity contribution < 1.29 is 9.18 Å². The fourth-order valence-electron chi connectivity index (χ4n) is 2.87. The molecule has 0 aromatic heterocycles. The molecule has 1 saturated carbocycles. The van der Waals surface area contributed by atoms with Crippen LogP contribution in [0.5, 0.6) is 0 Å². The van der Waals surface area contributed by atoms with Crippen molar-refractivity contribution in [2.45, 2.75) is 31.8 Å². The molecule has 1 unspecified atom stereocenters. The summed E-state index contributed by atoms with van der Waals surface area (Å²) in [5.74, 6) is 0.646. The van der Waals surface area contributed by atoms with Crippen molar-refractivity contribution in [2.75, 3.05) is 13.1 Å². The van der Waals surface area contributed by atoms with Gasteiger partial charge in [0.15, 0.2) is 0 Å². The van der Waals surface area contributed by atoms with Crippen LogP contribution in [-0.2, 0) is 4.79 Å². The molecule has 1 aliphatic heterocycles. The number of hydrogen-bond donors (Lipinski definition) is 1. The SMILES string of the molecule is O=C1CNC(c2cccc(F)c2)N1CCC1CCC1. The van der Waals surface area contributed by atoms with Gasteiger partial charge in [0.2, 0.25) is 5.91 Å². The van der Waals surface area contributed by atoms with Crippen LogP contribution >= 0.6 is 0 Å². The molecular weight excluding hydrogens is 243 g/mol. The van der Waals surface area contributed by atoms with Gasteiger partial charge in [0.25, 0.3) is 0 Å². The minimum atomic E-state index is -0.252. The maximum Gasteiger partial charge on any atom is 0.238 e. The first-order chi connectivity index (χ1) is 9.24. The highest BCUT2D eigenvalue weighted by Crippen LogP contribution is 2.31. The summed E-state index contributed by atoms with van der Waals surface area (Å²) >= 11 is 0. The minimum Gasteiger partial charge on any atom is -0.322 e. The number of nitrogens with one attached hydrogen (secondary N) is 1. The lowest BCUT2D eigenvalue weighted by Gasteiger charge is -2.30. The van der Waals surface area contributed by atoms with Crippen molar-refractivity contribution in [1.82, 2.24) is 10.2 Å². The Morgan fingerprint density at radius 3 is 2.89 bits per heavy atom. The molecule has 1 amide bonds. The Labute approximate surface area is 112 Å². The second-order valence-electron chi connectivity index (χ2n) is 5.51. The van der Waals surface area contributed by atoms with Crippen LogP contribution in [0.2, 0.25) is 0 Å². The van der Waals surface area contributed by atoms with E-state index in [0.29, 0.717) is 6.54 Å². The summed E-state index contributed by atoms with van der Waals surface area (Å²) in [7, 11) is 0. The summed E-state index contributed by atoms with van der Waals surface area (Å²) in [5, 5.41) is 3.17. The van der Waals surface area contributed by atoms with Gasteiger partial charge in [-0.2, -0.15) is 0 Å². The maximum absolute atomic E-state index is 13.3. The molecule has 102 valence electrons. The zero-order valence-corrected chi connectivity index (χ0v) is 10.9. The van der Waals surface area contributed by atoms with Gasteiger partial charge in [0.05, 0.1) is 6.54 Å². The molecule has 1 atom stereocenters. The standard InChI is InChI=1S/C15H19FN2O/c16-13-6-2-5-12(9-13)15-17-10-14(19)18(15)8-7-11-3-1-4-11/h2,5-6,9,11,15,17H,1,3-4,7-8,10H2. The first-order valence-corrected chi connectivity index (χ1v) is 7.02. The Bertz CT molecular complexity index is 473. The Hall–Kier alpha value is -1.42. The van der Waals surface area contributed by atoms with Crippen LogP contribution in [0.1, 0.15) is 37.4 Å². The fraction of sp³-hybridized carbons (Fsp3) is 0.533. The van der Waals surface area contributed by atoms with E-state index in [-0.39, 0.29) is 17.9 Å². The molecule has 2 fully saturated rings. The predicted octanol–water partition coefficient (Wildman–Crippen LogP) is 2.45. The third-order valence-corrected chi connectivity index (χ3v) is 4.25. The first kappa shape index (κ1) is 12.6. The lowest BCUT2D eigenvalue weighted by molar-refractivity contribution is -0.128. The van der Waals surface area contributed by atoms with E-state index in [1.165, 1.54) is 31.4 Å². The molecule has 1 aromatic rings. The molecule has 3 nitrogen and oxygen atoms in total. The third-order valence-electron chi connectivity index (χ3n) is 4.25. The van der Waals surface area contributed by atoms with E-state index in [4.69, 9.17) is 0 Å². The molecular formula is C15H19FN2O. The minimum absolute atomic E-state index is 0.119. The summed E-state index contributed by atoms with van der Waals surface area (Å²) in [4.78, 5) is 13.8. The lowest BCUT2D eigenvalue weighted by atomic mass is 9.83. The number of amides is 1. The van der Waals surface area contributed by atoms with Crippen molar-refractivity contribution in [2.24, 2.45) is 5.92 Å². The second-order valence-corrected chi connectivity index (χ2v) is 5.51. The van der Waals surface area contributed by atoms with Crippen molar-refractivity contribution in [3.8, 4) is 0 Å². The average molecular weight is 262 g/mol. The van der Waals surface area contributed by atoms with Crippen LogP contribution in [0.4, 0.5) is 4.39 Å². The van der Waals surface area contributed by atoms with E-state index in [9.17, 15) is 9.18 Å².